The smallest absolute Gasteiger partial charge is 0.246 e. The summed E-state index contributed by atoms with van der Waals surface area (Å²) in [6, 6.07) is 13.9. The van der Waals surface area contributed by atoms with Gasteiger partial charge in [-0.15, -0.1) is 0 Å². The van der Waals surface area contributed by atoms with Crippen molar-refractivity contribution in [2.75, 3.05) is 11.9 Å². The number of nitrogens with zero attached hydrogens (tertiary/aromatic N) is 1. The van der Waals surface area contributed by atoms with Crippen molar-refractivity contribution in [1.29, 1.82) is 0 Å². The summed E-state index contributed by atoms with van der Waals surface area (Å²) in [5.74, 6) is -2.39. The van der Waals surface area contributed by atoms with Crippen molar-refractivity contribution in [3.05, 3.63) is 76.3 Å². The fourth-order valence-corrected chi connectivity index (χ4v) is 7.31. The van der Waals surface area contributed by atoms with Crippen LogP contribution in [0.4, 0.5) is 5.69 Å². The fourth-order valence-electron chi connectivity index (χ4n) is 6.78. The van der Waals surface area contributed by atoms with E-state index in [1.54, 1.807) is 23.1 Å². The van der Waals surface area contributed by atoms with E-state index in [4.69, 9.17) is 27.9 Å². The number of amides is 3. The van der Waals surface area contributed by atoms with Crippen molar-refractivity contribution in [1.82, 2.24) is 10.2 Å². The molecule has 3 heterocycles. The summed E-state index contributed by atoms with van der Waals surface area (Å²) in [6.07, 6.45) is 8.84. The lowest BCUT2D eigenvalue weighted by molar-refractivity contribution is -0.141. The van der Waals surface area contributed by atoms with Crippen LogP contribution < -0.4 is 10.6 Å². The van der Waals surface area contributed by atoms with Gasteiger partial charge in [0.05, 0.1) is 17.9 Å². The number of anilines is 1. The lowest BCUT2D eigenvalue weighted by atomic mass is 9.74. The van der Waals surface area contributed by atoms with Crippen molar-refractivity contribution in [2.45, 2.75) is 62.3 Å². The van der Waals surface area contributed by atoms with Gasteiger partial charge in [-0.05, 0) is 43.0 Å². The third-order valence-corrected chi connectivity index (χ3v) is 8.93. The average molecular weight is 569 g/mol. The Balaban J connectivity index is 1.29. The second-order valence-electron chi connectivity index (χ2n) is 11.0. The van der Waals surface area contributed by atoms with E-state index >= 15 is 0 Å². The summed E-state index contributed by atoms with van der Waals surface area (Å²) in [4.78, 5) is 43.2. The van der Waals surface area contributed by atoms with E-state index in [1.165, 1.54) is 6.42 Å². The van der Waals surface area contributed by atoms with Gasteiger partial charge in [0.15, 0.2) is 0 Å². The van der Waals surface area contributed by atoms with Crippen molar-refractivity contribution in [3.63, 3.8) is 0 Å². The SMILES string of the molecule is O=C(Nc1cc(Cl)cc(Cl)c1)[C@H]1[C@@H]2C=C[C@]3(O2)[C@@H]1C(=O)N(CCc1ccccc1)[C@@H]3C(=O)NC1CCCCC1. The van der Waals surface area contributed by atoms with E-state index in [1.807, 2.05) is 42.5 Å². The molecule has 1 aliphatic carbocycles. The molecule has 1 spiro atoms. The minimum atomic E-state index is -1.19. The van der Waals surface area contributed by atoms with Crippen LogP contribution in [0.25, 0.3) is 0 Å². The lowest BCUT2D eigenvalue weighted by Gasteiger charge is -2.34. The molecule has 2 aromatic rings. The first-order chi connectivity index (χ1) is 18.9. The van der Waals surface area contributed by atoms with E-state index < -0.39 is 29.6 Å². The van der Waals surface area contributed by atoms with E-state index in [0.717, 1.165) is 31.2 Å². The minimum Gasteiger partial charge on any atom is -0.359 e. The van der Waals surface area contributed by atoms with E-state index in [-0.39, 0.29) is 23.8 Å². The molecular weight excluding hydrogens is 537 g/mol. The Hall–Kier alpha value is -2.87. The van der Waals surface area contributed by atoms with Crippen LogP contribution in [-0.4, -0.2) is 53.0 Å². The maximum absolute atomic E-state index is 14.1. The molecule has 1 saturated carbocycles. The summed E-state index contributed by atoms with van der Waals surface area (Å²) in [5, 5.41) is 6.87. The molecule has 3 amide bonds. The molecule has 39 heavy (non-hydrogen) atoms. The number of ether oxygens (including phenoxy) is 1. The number of halogens is 2. The van der Waals surface area contributed by atoms with Crippen LogP contribution in [0, 0.1) is 11.8 Å². The molecule has 5 atom stereocenters. The molecule has 204 valence electrons. The first kappa shape index (κ1) is 26.4. The quantitative estimate of drug-likeness (QED) is 0.471. The number of benzene rings is 2. The number of hydrogen-bond acceptors (Lipinski definition) is 4. The Morgan fingerprint density at radius 3 is 2.44 bits per heavy atom. The highest BCUT2D eigenvalue weighted by atomic mass is 35.5. The van der Waals surface area contributed by atoms with E-state index in [0.29, 0.717) is 28.7 Å². The molecule has 2 N–H and O–H groups in total. The summed E-state index contributed by atoms with van der Waals surface area (Å²) in [5.41, 5.74) is 0.320. The summed E-state index contributed by atoms with van der Waals surface area (Å²) < 4.78 is 6.43. The zero-order valence-corrected chi connectivity index (χ0v) is 23.0. The molecule has 0 unspecified atom stereocenters. The zero-order valence-electron chi connectivity index (χ0n) is 21.4. The third kappa shape index (κ3) is 4.85. The van der Waals surface area contributed by atoms with Crippen molar-refractivity contribution in [3.8, 4) is 0 Å². The van der Waals surface area contributed by atoms with Crippen LogP contribution in [-0.2, 0) is 25.5 Å². The van der Waals surface area contributed by atoms with Crippen LogP contribution in [0.2, 0.25) is 10.0 Å². The summed E-state index contributed by atoms with van der Waals surface area (Å²) in [6.45, 7) is 0.351. The number of hydrogen-bond donors (Lipinski definition) is 2. The largest absolute Gasteiger partial charge is 0.359 e. The Kier molecular flexibility index (Phi) is 7.16. The van der Waals surface area contributed by atoms with Crippen LogP contribution in [0.5, 0.6) is 0 Å². The topological polar surface area (TPSA) is 87.7 Å². The molecule has 2 saturated heterocycles. The molecule has 3 fully saturated rings. The molecule has 2 bridgehead atoms. The van der Waals surface area contributed by atoms with Crippen LogP contribution >= 0.6 is 23.2 Å². The average Bonchev–Trinajstić information content (AvgIpc) is 3.55. The molecule has 6 rings (SSSR count). The van der Waals surface area contributed by atoms with Crippen LogP contribution in [0.3, 0.4) is 0 Å². The number of fused-ring (bicyclic) bond motifs is 1. The number of carbonyl (C=O) groups excluding carboxylic acids is 3. The van der Waals surface area contributed by atoms with Crippen molar-refractivity contribution >= 4 is 46.6 Å². The van der Waals surface area contributed by atoms with Gasteiger partial charge in [0.1, 0.15) is 11.6 Å². The first-order valence-electron chi connectivity index (χ1n) is 13.6. The molecule has 3 aliphatic heterocycles. The van der Waals surface area contributed by atoms with Crippen molar-refractivity contribution in [2.24, 2.45) is 11.8 Å². The minimum absolute atomic E-state index is 0.0852. The second-order valence-corrected chi connectivity index (χ2v) is 11.8. The van der Waals surface area contributed by atoms with Gasteiger partial charge in [0, 0.05) is 28.3 Å². The third-order valence-electron chi connectivity index (χ3n) is 8.49. The molecule has 0 radical (unpaired) electrons. The number of rotatable bonds is 7. The highest BCUT2D eigenvalue weighted by Crippen LogP contribution is 2.55. The van der Waals surface area contributed by atoms with Gasteiger partial charge in [0.25, 0.3) is 0 Å². The molecule has 4 aliphatic rings. The van der Waals surface area contributed by atoms with Gasteiger partial charge in [0.2, 0.25) is 17.7 Å². The molecule has 2 aromatic carbocycles. The number of nitrogens with one attached hydrogen (secondary N) is 2. The van der Waals surface area contributed by atoms with E-state index in [2.05, 4.69) is 10.6 Å². The molecule has 9 heteroatoms. The van der Waals surface area contributed by atoms with Crippen LogP contribution in [0.15, 0.2) is 60.7 Å². The van der Waals surface area contributed by atoms with Crippen LogP contribution in [0.1, 0.15) is 37.7 Å². The monoisotopic (exact) mass is 567 g/mol. The maximum Gasteiger partial charge on any atom is 0.246 e. The Morgan fingerprint density at radius 1 is 1.00 bits per heavy atom. The standard InChI is InChI=1S/C30H31Cl2N3O4/c31-19-15-20(32)17-22(16-19)34-27(36)24-23-11-13-30(39-23)25(24)29(38)35(14-12-18-7-3-1-4-8-18)26(30)28(37)33-21-9-5-2-6-10-21/h1,3-4,7-8,11,13,15-17,21,23-26H,2,5-6,9-10,12,14H2,(H,33,37)(H,34,36)/t23-,24-,25-,26+,30-/m0/s1. The fraction of sp³-hybridized carbons (Fsp3) is 0.433. The Bertz CT molecular complexity index is 1290. The van der Waals surface area contributed by atoms with Gasteiger partial charge in [-0.3, -0.25) is 14.4 Å². The van der Waals surface area contributed by atoms with E-state index in [9.17, 15) is 14.4 Å². The maximum atomic E-state index is 14.1. The van der Waals surface area contributed by atoms with Gasteiger partial charge in [-0.2, -0.15) is 0 Å². The highest BCUT2D eigenvalue weighted by Gasteiger charge is 2.72. The predicted octanol–water partition coefficient (Wildman–Crippen LogP) is 4.77. The molecule has 0 aromatic heterocycles. The summed E-state index contributed by atoms with van der Waals surface area (Å²) in [7, 11) is 0. The predicted molar refractivity (Wildman–Crippen MR) is 149 cm³/mol. The summed E-state index contributed by atoms with van der Waals surface area (Å²) >= 11 is 12.3. The zero-order chi connectivity index (χ0) is 27.1. The Labute approximate surface area is 237 Å². The van der Waals surface area contributed by atoms with Gasteiger partial charge in [-0.25, -0.2) is 0 Å². The second kappa shape index (κ2) is 10.6. The lowest BCUT2D eigenvalue weighted by Crippen LogP contribution is -2.56. The van der Waals surface area contributed by atoms with Crippen molar-refractivity contribution < 1.29 is 19.1 Å². The van der Waals surface area contributed by atoms with Gasteiger partial charge in [-0.1, -0.05) is 84.9 Å². The highest BCUT2D eigenvalue weighted by molar-refractivity contribution is 6.35. The first-order valence-corrected chi connectivity index (χ1v) is 14.4. The molecule has 7 nitrogen and oxygen atoms in total. The number of likely N-dealkylation sites (tertiary alicyclic amines) is 1. The van der Waals surface area contributed by atoms with Gasteiger partial charge < -0.3 is 20.3 Å². The number of carbonyl (C=O) groups is 3. The Morgan fingerprint density at radius 2 is 1.72 bits per heavy atom. The molecular formula is C30H31Cl2N3O4. The normalized spacial score (nSPS) is 29.5. The van der Waals surface area contributed by atoms with Gasteiger partial charge >= 0.3 is 0 Å².